The molecule has 1 aromatic carbocycles. The second-order valence-corrected chi connectivity index (χ2v) is 10.1. The molecule has 2 aliphatic carbocycles. The van der Waals surface area contributed by atoms with Crippen molar-refractivity contribution in [2.75, 3.05) is 11.6 Å². The summed E-state index contributed by atoms with van der Waals surface area (Å²) in [5.41, 5.74) is 4.06. The molecule has 2 amide bonds. The second-order valence-electron chi connectivity index (χ2n) is 8.36. The summed E-state index contributed by atoms with van der Waals surface area (Å²) in [5, 5.41) is 2.70. The highest BCUT2D eigenvalue weighted by Gasteiger charge is 2.36. The van der Waals surface area contributed by atoms with Crippen LogP contribution in [0.3, 0.4) is 0 Å². The number of hydrogen-bond donors (Lipinski definition) is 2. The Balaban J connectivity index is 1.61. The molecule has 0 spiro atoms. The van der Waals surface area contributed by atoms with Crippen molar-refractivity contribution in [3.8, 4) is 17.0 Å². The number of sulfonamides is 1. The number of aromatic nitrogens is 1. The van der Waals surface area contributed by atoms with Crippen molar-refractivity contribution in [2.24, 2.45) is 0 Å². The molecule has 32 heavy (non-hydrogen) atoms. The lowest BCUT2D eigenvalue weighted by molar-refractivity contribution is -0.0588. The Morgan fingerprint density at radius 1 is 1.19 bits per heavy atom. The number of halogens is 2. The van der Waals surface area contributed by atoms with Crippen LogP contribution in [0.15, 0.2) is 30.5 Å². The average molecular weight is 466 g/mol. The molecule has 172 valence electrons. The molecule has 2 N–H and O–H groups in total. The van der Waals surface area contributed by atoms with Gasteiger partial charge in [0.1, 0.15) is 6.10 Å². The lowest BCUT2D eigenvalue weighted by Gasteiger charge is -2.28. The van der Waals surface area contributed by atoms with Gasteiger partial charge in [0, 0.05) is 30.7 Å². The number of rotatable bonds is 5. The summed E-state index contributed by atoms with van der Waals surface area (Å²) in [5.74, 6) is -2.31. The zero-order valence-electron chi connectivity index (χ0n) is 17.7. The number of anilines is 1. The lowest BCUT2D eigenvalue weighted by atomic mass is 9.94. The number of carbonyl (C=O) groups is 1. The molecular weight excluding hydrogens is 440 g/mol. The average Bonchev–Trinajstić information content (AvgIpc) is 3.18. The number of ether oxygens (including phenoxy) is 1. The predicted octanol–water partition coefficient (Wildman–Crippen LogP) is 4.28. The Morgan fingerprint density at radius 3 is 2.66 bits per heavy atom. The Hall–Kier alpha value is -2.75. The van der Waals surface area contributed by atoms with Crippen LogP contribution in [0, 0.1) is 0 Å². The number of fused-ring (bicyclic) bond motifs is 1. The highest BCUT2D eigenvalue weighted by atomic mass is 32.2. The van der Waals surface area contributed by atoms with Crippen molar-refractivity contribution in [2.45, 2.75) is 57.0 Å². The van der Waals surface area contributed by atoms with Crippen LogP contribution in [0.4, 0.5) is 19.3 Å². The van der Waals surface area contributed by atoms with Gasteiger partial charge in [-0.25, -0.2) is 31.7 Å². The third kappa shape index (κ3) is 5.35. The van der Waals surface area contributed by atoms with E-state index in [1.165, 1.54) is 0 Å². The normalized spacial score (nSPS) is 18.1. The van der Waals surface area contributed by atoms with E-state index >= 15 is 0 Å². The first kappa shape index (κ1) is 22.4. The van der Waals surface area contributed by atoms with E-state index in [2.05, 4.69) is 10.3 Å². The number of urea groups is 1. The third-order valence-corrected chi connectivity index (χ3v) is 6.35. The fourth-order valence-corrected chi connectivity index (χ4v) is 4.69. The van der Waals surface area contributed by atoms with Gasteiger partial charge in [-0.3, -0.25) is 0 Å². The highest BCUT2D eigenvalue weighted by molar-refractivity contribution is 7.89. The molecule has 1 heterocycles. The Labute approximate surface area is 185 Å². The number of benzene rings is 1. The van der Waals surface area contributed by atoms with E-state index in [1.54, 1.807) is 18.3 Å². The summed E-state index contributed by atoms with van der Waals surface area (Å²) in [4.78, 5) is 16.5. The highest BCUT2D eigenvalue weighted by Crippen LogP contribution is 2.39. The topological polar surface area (TPSA) is 97.4 Å². The van der Waals surface area contributed by atoms with Gasteiger partial charge in [-0.1, -0.05) is 12.1 Å². The quantitative estimate of drug-likeness (QED) is 0.687. The Morgan fingerprint density at radius 2 is 1.94 bits per heavy atom. The zero-order chi connectivity index (χ0) is 22.9. The number of pyridine rings is 1. The minimum absolute atomic E-state index is 0.203. The van der Waals surface area contributed by atoms with Crippen molar-refractivity contribution in [1.82, 2.24) is 9.71 Å². The minimum Gasteiger partial charge on any atom is -0.474 e. The third-order valence-electron chi connectivity index (χ3n) is 5.80. The largest absolute Gasteiger partial charge is 0.474 e. The second kappa shape index (κ2) is 8.65. The molecule has 1 aromatic heterocycles. The van der Waals surface area contributed by atoms with E-state index in [9.17, 15) is 22.0 Å². The van der Waals surface area contributed by atoms with Crippen molar-refractivity contribution in [1.29, 1.82) is 0 Å². The van der Waals surface area contributed by atoms with Crippen LogP contribution in [-0.4, -0.2) is 37.7 Å². The van der Waals surface area contributed by atoms with E-state index in [0.717, 1.165) is 42.2 Å². The molecule has 0 saturated heterocycles. The maximum absolute atomic E-state index is 13.4. The molecule has 2 aromatic rings. The van der Waals surface area contributed by atoms with Crippen LogP contribution in [-0.2, 0) is 22.9 Å². The maximum atomic E-state index is 13.4. The molecule has 0 atom stereocenters. The molecule has 1 fully saturated rings. The SMILES string of the molecule is CS(=O)(=O)NC(=O)Nc1c(-c2ccnc(OC3CCC(F)(F)CC3)c2)ccc2c1CCC2. The standard InChI is InChI=1S/C22H25F2N3O4S/c1-32(29,30)27-21(28)26-20-17-4-2-3-14(17)5-6-18(20)15-9-12-25-19(13-15)31-16-7-10-22(23,24)11-8-16/h5-6,9,12-13,16H,2-4,7-8,10-11H2,1H3,(H2,26,27,28). The first-order valence-corrected chi connectivity index (χ1v) is 12.4. The molecule has 10 heteroatoms. The number of amides is 2. The molecule has 0 aliphatic heterocycles. The number of aryl methyl sites for hydroxylation is 1. The van der Waals surface area contributed by atoms with E-state index < -0.39 is 22.0 Å². The molecule has 0 bridgehead atoms. The van der Waals surface area contributed by atoms with Gasteiger partial charge in [0.05, 0.1) is 11.9 Å². The summed E-state index contributed by atoms with van der Waals surface area (Å²) in [7, 11) is -3.71. The first-order chi connectivity index (χ1) is 15.1. The fraction of sp³-hybridized carbons (Fsp3) is 0.455. The van der Waals surface area contributed by atoms with E-state index in [0.29, 0.717) is 17.1 Å². The van der Waals surface area contributed by atoms with E-state index in [-0.39, 0.29) is 31.8 Å². The van der Waals surface area contributed by atoms with Crippen molar-refractivity contribution >= 4 is 21.7 Å². The van der Waals surface area contributed by atoms with E-state index in [1.807, 2.05) is 16.9 Å². The van der Waals surface area contributed by atoms with Crippen molar-refractivity contribution in [3.63, 3.8) is 0 Å². The number of nitrogens with one attached hydrogen (secondary N) is 2. The van der Waals surface area contributed by atoms with E-state index in [4.69, 9.17) is 4.74 Å². The zero-order valence-corrected chi connectivity index (χ0v) is 18.5. The van der Waals surface area contributed by atoms with Gasteiger partial charge in [-0.15, -0.1) is 0 Å². The monoisotopic (exact) mass is 465 g/mol. The summed E-state index contributed by atoms with van der Waals surface area (Å²) < 4.78 is 57.5. The lowest BCUT2D eigenvalue weighted by Crippen LogP contribution is -2.33. The summed E-state index contributed by atoms with van der Waals surface area (Å²) in [6.45, 7) is 0. The molecular formula is C22H25F2N3O4S. The van der Waals surface area contributed by atoms with Gasteiger partial charge in [0.25, 0.3) is 0 Å². The molecule has 0 unspecified atom stereocenters. The molecule has 0 radical (unpaired) electrons. The summed E-state index contributed by atoms with van der Waals surface area (Å²) >= 11 is 0. The van der Waals surface area contributed by atoms with Gasteiger partial charge in [-0.2, -0.15) is 0 Å². The van der Waals surface area contributed by atoms with Gasteiger partial charge >= 0.3 is 6.03 Å². The van der Waals surface area contributed by atoms with Crippen molar-refractivity contribution in [3.05, 3.63) is 41.6 Å². The number of hydrogen-bond acceptors (Lipinski definition) is 5. The minimum atomic E-state index is -3.71. The maximum Gasteiger partial charge on any atom is 0.332 e. The molecule has 4 rings (SSSR count). The summed E-state index contributed by atoms with van der Waals surface area (Å²) in [6.07, 6.45) is 4.86. The first-order valence-electron chi connectivity index (χ1n) is 10.5. The van der Waals surface area contributed by atoms with Crippen LogP contribution in [0.2, 0.25) is 0 Å². The number of nitrogens with zero attached hydrogens (tertiary/aromatic N) is 1. The predicted molar refractivity (Wildman–Crippen MR) is 117 cm³/mol. The molecule has 2 aliphatic rings. The smallest absolute Gasteiger partial charge is 0.332 e. The number of alkyl halides is 2. The molecule has 1 saturated carbocycles. The van der Waals surface area contributed by atoms with Gasteiger partial charge in [-0.05, 0) is 54.9 Å². The van der Waals surface area contributed by atoms with Crippen LogP contribution < -0.4 is 14.8 Å². The van der Waals surface area contributed by atoms with Crippen LogP contribution >= 0.6 is 0 Å². The van der Waals surface area contributed by atoms with Crippen LogP contribution in [0.25, 0.3) is 11.1 Å². The van der Waals surface area contributed by atoms with Gasteiger partial charge in [0.2, 0.25) is 21.8 Å². The van der Waals surface area contributed by atoms with Crippen molar-refractivity contribution < 1.29 is 26.7 Å². The molecule has 7 nitrogen and oxygen atoms in total. The van der Waals surface area contributed by atoms with Gasteiger partial charge in [0.15, 0.2) is 0 Å². The Bertz CT molecular complexity index is 1130. The van der Waals surface area contributed by atoms with Gasteiger partial charge < -0.3 is 10.1 Å². The Kier molecular flexibility index (Phi) is 6.07. The van der Waals surface area contributed by atoms with Crippen LogP contribution in [0.1, 0.15) is 43.2 Å². The number of carbonyl (C=O) groups excluding carboxylic acids is 1. The van der Waals surface area contributed by atoms with Crippen LogP contribution in [0.5, 0.6) is 5.88 Å². The summed E-state index contributed by atoms with van der Waals surface area (Å²) in [6, 6.07) is 6.52. The fourth-order valence-electron chi connectivity index (χ4n) is 4.30.